The quantitative estimate of drug-likeness (QED) is 0.536. The Bertz CT molecular complexity index is 1260. The van der Waals surface area contributed by atoms with Crippen molar-refractivity contribution < 1.29 is 4.79 Å². The van der Waals surface area contributed by atoms with E-state index in [0.717, 1.165) is 42.7 Å². The molecule has 5 heterocycles. The number of likely N-dealkylation sites (tertiary alicyclic amines) is 1. The van der Waals surface area contributed by atoms with E-state index < -0.39 is 0 Å². The lowest BCUT2D eigenvalue weighted by Gasteiger charge is -2.26. The molecule has 0 atom stereocenters. The van der Waals surface area contributed by atoms with Gasteiger partial charge in [-0.15, -0.1) is 0 Å². The minimum absolute atomic E-state index is 0.0404. The number of carbonyl (C=O) groups is 1. The van der Waals surface area contributed by atoms with Crippen LogP contribution in [0, 0.1) is 0 Å². The van der Waals surface area contributed by atoms with E-state index in [4.69, 9.17) is 0 Å². The van der Waals surface area contributed by atoms with Gasteiger partial charge in [0.15, 0.2) is 5.65 Å². The van der Waals surface area contributed by atoms with Gasteiger partial charge in [0.25, 0.3) is 5.91 Å². The number of amides is 1. The molecule has 0 unspecified atom stereocenters. The molecule has 0 aliphatic carbocycles. The van der Waals surface area contributed by atoms with Crippen LogP contribution in [0.5, 0.6) is 0 Å². The van der Waals surface area contributed by atoms with E-state index in [2.05, 4.69) is 10.2 Å². The van der Waals surface area contributed by atoms with Crippen LogP contribution in [0.2, 0.25) is 0 Å². The van der Waals surface area contributed by atoms with Crippen molar-refractivity contribution in [1.82, 2.24) is 28.7 Å². The van der Waals surface area contributed by atoms with Gasteiger partial charge in [-0.1, -0.05) is 6.07 Å². The Morgan fingerprint density at radius 3 is 2.75 bits per heavy atom. The Hall–Kier alpha value is -3.42. The molecule has 1 aliphatic heterocycles. The zero-order valence-electron chi connectivity index (χ0n) is 15.6. The smallest absolute Gasteiger partial charge is 0.339 e. The molecule has 8 nitrogen and oxygen atoms in total. The van der Waals surface area contributed by atoms with Crippen LogP contribution in [0.1, 0.15) is 29.6 Å². The van der Waals surface area contributed by atoms with Crippen molar-refractivity contribution in [2.45, 2.75) is 19.3 Å². The minimum Gasteiger partial charge on any atom is -0.339 e. The van der Waals surface area contributed by atoms with Crippen molar-refractivity contribution in [2.75, 3.05) is 13.1 Å². The molecule has 0 bridgehead atoms. The maximum atomic E-state index is 13.0. The average Bonchev–Trinajstić information content (AvgIpc) is 3.29. The number of fused-ring (bicyclic) bond motifs is 2. The fourth-order valence-electron chi connectivity index (χ4n) is 3.90. The first-order chi connectivity index (χ1) is 13.6. The first-order valence-corrected chi connectivity index (χ1v) is 9.45. The summed E-state index contributed by atoms with van der Waals surface area (Å²) in [5.74, 6) is 0.0404. The fraction of sp³-hybridized carbons (Fsp3) is 0.300. The van der Waals surface area contributed by atoms with Crippen molar-refractivity contribution in [3.8, 4) is 11.3 Å². The summed E-state index contributed by atoms with van der Waals surface area (Å²) in [5.41, 5.74) is 3.51. The molecule has 1 aliphatic rings. The van der Waals surface area contributed by atoms with E-state index in [-0.39, 0.29) is 11.6 Å². The molecule has 1 fully saturated rings. The molecule has 0 radical (unpaired) electrons. The normalized spacial score (nSPS) is 14.8. The average molecular weight is 376 g/mol. The monoisotopic (exact) mass is 376 g/mol. The van der Waals surface area contributed by atoms with Gasteiger partial charge < -0.3 is 4.90 Å². The van der Waals surface area contributed by atoms with E-state index in [0.29, 0.717) is 11.2 Å². The van der Waals surface area contributed by atoms with Gasteiger partial charge >= 0.3 is 5.69 Å². The van der Waals surface area contributed by atoms with Crippen LogP contribution >= 0.6 is 0 Å². The second kappa shape index (κ2) is 6.33. The number of aromatic nitrogens is 5. The van der Waals surface area contributed by atoms with E-state index in [1.807, 2.05) is 35.2 Å². The highest BCUT2D eigenvalue weighted by Crippen LogP contribution is 2.24. The summed E-state index contributed by atoms with van der Waals surface area (Å²) in [6, 6.07) is 9.50. The molecule has 5 rings (SSSR count). The van der Waals surface area contributed by atoms with Crippen molar-refractivity contribution in [3.63, 3.8) is 0 Å². The second-order valence-corrected chi connectivity index (χ2v) is 7.17. The first-order valence-electron chi connectivity index (χ1n) is 9.45. The number of hydrogen-bond acceptors (Lipinski definition) is 4. The van der Waals surface area contributed by atoms with Gasteiger partial charge in [-0.3, -0.25) is 9.20 Å². The molecule has 0 N–H and O–H groups in total. The number of piperidine rings is 1. The lowest BCUT2D eigenvalue weighted by atomic mass is 10.1. The predicted molar refractivity (Wildman–Crippen MR) is 104 cm³/mol. The zero-order valence-corrected chi connectivity index (χ0v) is 15.6. The maximum Gasteiger partial charge on any atom is 0.350 e. The minimum atomic E-state index is -0.187. The summed E-state index contributed by atoms with van der Waals surface area (Å²) in [6.07, 6.45) is 6.66. The third kappa shape index (κ3) is 2.52. The predicted octanol–water partition coefficient (Wildman–Crippen LogP) is 1.97. The lowest BCUT2D eigenvalue weighted by Crippen LogP contribution is -2.35. The first kappa shape index (κ1) is 16.7. The van der Waals surface area contributed by atoms with Crippen LogP contribution in [0.3, 0.4) is 0 Å². The summed E-state index contributed by atoms with van der Waals surface area (Å²) in [6.45, 7) is 1.61. The Labute approximate surface area is 160 Å². The molecule has 8 heteroatoms. The third-order valence-corrected chi connectivity index (χ3v) is 5.38. The summed E-state index contributed by atoms with van der Waals surface area (Å²) in [5, 5.41) is 8.74. The lowest BCUT2D eigenvalue weighted by molar-refractivity contribution is 0.0726. The van der Waals surface area contributed by atoms with E-state index in [1.54, 1.807) is 24.0 Å². The summed E-state index contributed by atoms with van der Waals surface area (Å²) in [4.78, 5) is 26.9. The molecule has 0 aromatic carbocycles. The number of rotatable bonds is 2. The van der Waals surface area contributed by atoms with Crippen LogP contribution in [0.4, 0.5) is 0 Å². The standard InChI is InChI=1S/C20H20N6O2/c1-23-20(28)25-11-8-14(12-18(25)22-23)16-6-5-7-17-15(13-21-26(16)17)19(27)24-9-3-2-4-10-24/h5-8,11-13H,2-4,9-10H2,1H3. The zero-order chi connectivity index (χ0) is 19.3. The third-order valence-electron chi connectivity index (χ3n) is 5.38. The molecule has 28 heavy (non-hydrogen) atoms. The second-order valence-electron chi connectivity index (χ2n) is 7.17. The molecule has 0 saturated carbocycles. The molecule has 1 amide bonds. The molecule has 142 valence electrons. The number of carbonyl (C=O) groups excluding carboxylic acids is 1. The highest BCUT2D eigenvalue weighted by Gasteiger charge is 2.22. The van der Waals surface area contributed by atoms with Crippen molar-refractivity contribution in [1.29, 1.82) is 0 Å². The van der Waals surface area contributed by atoms with Gasteiger partial charge in [0.2, 0.25) is 0 Å². The Morgan fingerprint density at radius 2 is 1.93 bits per heavy atom. The van der Waals surface area contributed by atoms with E-state index >= 15 is 0 Å². The maximum absolute atomic E-state index is 13.0. The molecule has 1 saturated heterocycles. The van der Waals surface area contributed by atoms with Crippen LogP contribution in [-0.2, 0) is 7.05 Å². The van der Waals surface area contributed by atoms with Gasteiger partial charge in [0, 0.05) is 31.9 Å². The number of pyridine rings is 2. The van der Waals surface area contributed by atoms with E-state index in [1.165, 1.54) is 15.5 Å². The summed E-state index contributed by atoms with van der Waals surface area (Å²) < 4.78 is 4.59. The van der Waals surface area contributed by atoms with Gasteiger partial charge in [0.05, 0.1) is 23.0 Å². The number of hydrogen-bond donors (Lipinski definition) is 0. The molecule has 4 aromatic rings. The molecular formula is C20H20N6O2. The topological polar surface area (TPSA) is 76.9 Å². The molecular weight excluding hydrogens is 356 g/mol. The van der Waals surface area contributed by atoms with Crippen LogP contribution in [0.25, 0.3) is 22.4 Å². The Morgan fingerprint density at radius 1 is 1.11 bits per heavy atom. The SMILES string of the molecule is Cn1nc2cc(-c3cccc4c(C(=O)N5CCCCC5)cnn34)ccn2c1=O. The van der Waals surface area contributed by atoms with Gasteiger partial charge in [-0.25, -0.2) is 14.0 Å². The van der Waals surface area contributed by atoms with E-state index in [9.17, 15) is 9.59 Å². The number of aryl methyl sites for hydroxylation is 1. The van der Waals surface area contributed by atoms with Gasteiger partial charge in [-0.05, 0) is 43.5 Å². The molecule has 4 aromatic heterocycles. The Kier molecular flexibility index (Phi) is 3.78. The van der Waals surface area contributed by atoms with Crippen LogP contribution in [0.15, 0.2) is 47.5 Å². The highest BCUT2D eigenvalue weighted by molar-refractivity contribution is 6.01. The summed E-state index contributed by atoms with van der Waals surface area (Å²) in [7, 11) is 1.63. The van der Waals surface area contributed by atoms with Crippen LogP contribution in [-0.4, -0.2) is 47.7 Å². The van der Waals surface area contributed by atoms with Gasteiger partial charge in [0.1, 0.15) is 0 Å². The van der Waals surface area contributed by atoms with Gasteiger partial charge in [-0.2, -0.15) is 10.2 Å². The fourth-order valence-corrected chi connectivity index (χ4v) is 3.90. The van der Waals surface area contributed by atoms with Crippen molar-refractivity contribution in [2.24, 2.45) is 7.05 Å². The number of nitrogens with zero attached hydrogens (tertiary/aromatic N) is 6. The largest absolute Gasteiger partial charge is 0.350 e. The molecule has 0 spiro atoms. The highest BCUT2D eigenvalue weighted by atomic mass is 16.2. The van der Waals surface area contributed by atoms with Crippen molar-refractivity contribution in [3.05, 3.63) is 58.8 Å². The van der Waals surface area contributed by atoms with Crippen LogP contribution < -0.4 is 5.69 Å². The summed E-state index contributed by atoms with van der Waals surface area (Å²) >= 11 is 0. The van der Waals surface area contributed by atoms with Crippen molar-refractivity contribution >= 4 is 17.1 Å². The Balaban J connectivity index is 1.60.